The minimum atomic E-state index is 0.135. The lowest BCUT2D eigenvalue weighted by Crippen LogP contribution is -2.42. The molecular weight excluding hydrogens is 356 g/mol. The SMILES string of the molecule is Cc1ccc(CC(=O)N2CCC(Oc3nc4ccccc4s3)CC2)c(C)c1. The average molecular weight is 381 g/mol. The number of carbonyl (C=O) groups excluding carboxylic acids is 1. The van der Waals surface area contributed by atoms with E-state index >= 15 is 0 Å². The first-order valence-electron chi connectivity index (χ1n) is 9.44. The highest BCUT2D eigenvalue weighted by molar-refractivity contribution is 7.20. The van der Waals surface area contributed by atoms with E-state index in [1.165, 1.54) is 11.1 Å². The summed E-state index contributed by atoms with van der Waals surface area (Å²) in [7, 11) is 0. The first-order valence-corrected chi connectivity index (χ1v) is 10.3. The molecule has 140 valence electrons. The molecular formula is C22H24N2O2S. The van der Waals surface area contributed by atoms with Crippen LogP contribution in [-0.2, 0) is 11.2 Å². The molecule has 1 fully saturated rings. The Morgan fingerprint density at radius 1 is 1.19 bits per heavy atom. The van der Waals surface area contributed by atoms with Gasteiger partial charge in [-0.3, -0.25) is 4.79 Å². The maximum Gasteiger partial charge on any atom is 0.274 e. The van der Waals surface area contributed by atoms with Gasteiger partial charge in [0.1, 0.15) is 6.10 Å². The highest BCUT2D eigenvalue weighted by Gasteiger charge is 2.25. The number of thiazole rings is 1. The highest BCUT2D eigenvalue weighted by atomic mass is 32.1. The lowest BCUT2D eigenvalue weighted by atomic mass is 10.0. The van der Waals surface area contributed by atoms with Crippen LogP contribution in [0.3, 0.4) is 0 Å². The first-order chi connectivity index (χ1) is 13.1. The average Bonchev–Trinajstić information content (AvgIpc) is 3.07. The van der Waals surface area contributed by atoms with Gasteiger partial charge in [-0.15, -0.1) is 0 Å². The summed E-state index contributed by atoms with van der Waals surface area (Å²) in [5.41, 5.74) is 4.53. The van der Waals surface area contributed by atoms with E-state index in [0.717, 1.165) is 46.9 Å². The number of fused-ring (bicyclic) bond motifs is 1. The minimum Gasteiger partial charge on any atom is -0.467 e. The van der Waals surface area contributed by atoms with Crippen molar-refractivity contribution in [2.75, 3.05) is 13.1 Å². The summed E-state index contributed by atoms with van der Waals surface area (Å²) in [6.45, 7) is 5.65. The van der Waals surface area contributed by atoms with Gasteiger partial charge in [0.05, 0.1) is 16.6 Å². The van der Waals surface area contributed by atoms with E-state index in [4.69, 9.17) is 4.74 Å². The summed E-state index contributed by atoms with van der Waals surface area (Å²) in [5.74, 6) is 0.209. The molecule has 0 bridgehead atoms. The van der Waals surface area contributed by atoms with Crippen LogP contribution in [0.2, 0.25) is 0 Å². The summed E-state index contributed by atoms with van der Waals surface area (Å²) in [6.07, 6.45) is 2.33. The smallest absolute Gasteiger partial charge is 0.274 e. The van der Waals surface area contributed by atoms with Gasteiger partial charge in [-0.05, 0) is 37.1 Å². The Kier molecular flexibility index (Phi) is 5.12. The van der Waals surface area contributed by atoms with Gasteiger partial charge in [0.2, 0.25) is 5.91 Å². The predicted molar refractivity (Wildman–Crippen MR) is 109 cm³/mol. The number of nitrogens with zero attached hydrogens (tertiary/aromatic N) is 2. The van der Waals surface area contributed by atoms with Gasteiger partial charge in [0.15, 0.2) is 0 Å². The van der Waals surface area contributed by atoms with E-state index in [1.54, 1.807) is 11.3 Å². The molecule has 2 heterocycles. The highest BCUT2D eigenvalue weighted by Crippen LogP contribution is 2.29. The van der Waals surface area contributed by atoms with E-state index in [9.17, 15) is 4.79 Å². The van der Waals surface area contributed by atoms with Gasteiger partial charge in [0, 0.05) is 25.9 Å². The van der Waals surface area contributed by atoms with Crippen molar-refractivity contribution >= 4 is 27.5 Å². The number of benzene rings is 2. The molecule has 0 radical (unpaired) electrons. The number of aromatic nitrogens is 1. The van der Waals surface area contributed by atoms with Gasteiger partial charge < -0.3 is 9.64 Å². The van der Waals surface area contributed by atoms with E-state index in [1.807, 2.05) is 23.1 Å². The van der Waals surface area contributed by atoms with Gasteiger partial charge in [0.25, 0.3) is 5.19 Å². The van der Waals surface area contributed by atoms with Gasteiger partial charge in [-0.25, -0.2) is 4.98 Å². The second-order valence-electron chi connectivity index (χ2n) is 7.25. The van der Waals surface area contributed by atoms with Gasteiger partial charge in [-0.1, -0.05) is 47.2 Å². The number of carbonyl (C=O) groups is 1. The fourth-order valence-electron chi connectivity index (χ4n) is 3.59. The van der Waals surface area contributed by atoms with E-state index in [2.05, 4.69) is 43.1 Å². The maximum absolute atomic E-state index is 12.7. The molecule has 3 aromatic rings. The zero-order valence-corrected chi connectivity index (χ0v) is 16.6. The minimum absolute atomic E-state index is 0.135. The molecule has 2 aromatic carbocycles. The normalized spacial score (nSPS) is 15.3. The number of para-hydroxylation sites is 1. The number of ether oxygens (including phenoxy) is 1. The molecule has 0 N–H and O–H groups in total. The largest absolute Gasteiger partial charge is 0.467 e. The Hall–Kier alpha value is -2.40. The fourth-order valence-corrected chi connectivity index (χ4v) is 4.47. The third-order valence-electron chi connectivity index (χ3n) is 5.18. The second-order valence-corrected chi connectivity index (χ2v) is 8.25. The van der Waals surface area contributed by atoms with Crippen molar-refractivity contribution in [1.29, 1.82) is 0 Å². The summed E-state index contributed by atoms with van der Waals surface area (Å²) >= 11 is 1.59. The number of rotatable bonds is 4. The zero-order chi connectivity index (χ0) is 18.8. The fraction of sp³-hybridized carbons (Fsp3) is 0.364. The van der Waals surface area contributed by atoms with Crippen molar-refractivity contribution in [2.45, 2.75) is 39.2 Å². The van der Waals surface area contributed by atoms with Crippen LogP contribution < -0.4 is 4.74 Å². The van der Waals surface area contributed by atoms with Crippen LogP contribution in [0.5, 0.6) is 5.19 Å². The zero-order valence-electron chi connectivity index (χ0n) is 15.8. The molecule has 1 amide bonds. The van der Waals surface area contributed by atoms with Crippen LogP contribution in [-0.4, -0.2) is 35.0 Å². The topological polar surface area (TPSA) is 42.4 Å². The van der Waals surface area contributed by atoms with Gasteiger partial charge in [-0.2, -0.15) is 0 Å². The lowest BCUT2D eigenvalue weighted by molar-refractivity contribution is -0.132. The predicted octanol–water partition coefficient (Wildman–Crippen LogP) is 4.53. The maximum atomic E-state index is 12.7. The molecule has 0 atom stereocenters. The van der Waals surface area contributed by atoms with Crippen molar-refractivity contribution in [2.24, 2.45) is 0 Å². The van der Waals surface area contributed by atoms with Crippen LogP contribution in [0, 0.1) is 13.8 Å². The monoisotopic (exact) mass is 380 g/mol. The van der Waals surface area contributed by atoms with Crippen molar-refractivity contribution in [3.63, 3.8) is 0 Å². The summed E-state index contributed by atoms with van der Waals surface area (Å²) in [6, 6.07) is 14.4. The van der Waals surface area contributed by atoms with Gasteiger partial charge >= 0.3 is 0 Å². The first kappa shape index (κ1) is 18.0. The summed E-state index contributed by atoms with van der Waals surface area (Å²) in [4.78, 5) is 19.2. The van der Waals surface area contributed by atoms with Crippen molar-refractivity contribution in [3.05, 3.63) is 59.2 Å². The standard InChI is InChI=1S/C22H24N2O2S/c1-15-7-8-17(16(2)13-15)14-21(25)24-11-9-18(10-12-24)26-22-23-19-5-3-4-6-20(19)27-22/h3-8,13,18H,9-12,14H2,1-2H3. The molecule has 27 heavy (non-hydrogen) atoms. The third-order valence-corrected chi connectivity index (χ3v) is 6.10. The van der Waals surface area contributed by atoms with Crippen LogP contribution in [0.4, 0.5) is 0 Å². The Balaban J connectivity index is 1.32. The summed E-state index contributed by atoms with van der Waals surface area (Å²) in [5, 5.41) is 0.733. The number of likely N-dealkylation sites (tertiary alicyclic amines) is 1. The lowest BCUT2D eigenvalue weighted by Gasteiger charge is -2.31. The molecule has 1 aromatic heterocycles. The Bertz CT molecular complexity index is 925. The number of amides is 1. The molecule has 0 saturated carbocycles. The Morgan fingerprint density at radius 2 is 1.96 bits per heavy atom. The van der Waals surface area contributed by atoms with Crippen LogP contribution in [0.25, 0.3) is 10.2 Å². The summed E-state index contributed by atoms with van der Waals surface area (Å²) < 4.78 is 7.24. The van der Waals surface area contributed by atoms with E-state index in [0.29, 0.717) is 6.42 Å². The van der Waals surface area contributed by atoms with Crippen molar-refractivity contribution < 1.29 is 9.53 Å². The van der Waals surface area contributed by atoms with E-state index in [-0.39, 0.29) is 12.0 Å². The molecule has 5 heteroatoms. The molecule has 4 nitrogen and oxygen atoms in total. The molecule has 1 aliphatic rings. The molecule has 1 aliphatic heterocycles. The van der Waals surface area contributed by atoms with Crippen LogP contribution in [0.1, 0.15) is 29.5 Å². The number of aryl methyl sites for hydroxylation is 2. The van der Waals surface area contributed by atoms with Crippen LogP contribution >= 0.6 is 11.3 Å². The van der Waals surface area contributed by atoms with Crippen LogP contribution in [0.15, 0.2) is 42.5 Å². The second kappa shape index (κ2) is 7.69. The van der Waals surface area contributed by atoms with Crippen molar-refractivity contribution in [1.82, 2.24) is 9.88 Å². The number of hydrogen-bond donors (Lipinski definition) is 0. The molecule has 0 aliphatic carbocycles. The molecule has 1 saturated heterocycles. The Morgan fingerprint density at radius 3 is 2.70 bits per heavy atom. The molecule has 0 spiro atoms. The third kappa shape index (κ3) is 4.14. The molecule has 4 rings (SSSR count). The number of hydrogen-bond acceptors (Lipinski definition) is 4. The van der Waals surface area contributed by atoms with Crippen molar-refractivity contribution in [3.8, 4) is 5.19 Å². The Labute approximate surface area is 163 Å². The number of piperidine rings is 1. The molecule has 0 unspecified atom stereocenters. The van der Waals surface area contributed by atoms with E-state index < -0.39 is 0 Å². The quantitative estimate of drug-likeness (QED) is 0.668.